The maximum atomic E-state index is 2.43. The van der Waals surface area contributed by atoms with Gasteiger partial charge in [0.1, 0.15) is 0 Å². The van der Waals surface area contributed by atoms with Crippen LogP contribution in [0, 0.1) is 0 Å². The van der Waals surface area contributed by atoms with E-state index in [4.69, 9.17) is 0 Å². The number of nitrogens with zero attached hydrogens (tertiary/aromatic N) is 2. The second-order valence-electron chi connectivity index (χ2n) is 13.7. The molecule has 0 saturated heterocycles. The van der Waals surface area contributed by atoms with E-state index in [-0.39, 0.29) is 0 Å². The molecule has 0 aliphatic carbocycles. The zero-order valence-corrected chi connectivity index (χ0v) is 28.4. The molecule has 0 saturated carbocycles. The third kappa shape index (κ3) is 4.31. The summed E-state index contributed by atoms with van der Waals surface area (Å²) in [5.74, 6) is 0. The molecule has 11 rings (SSSR count). The normalized spacial score (nSPS) is 11.8. The SMILES string of the molecule is c1ccc2c(-c3ccc(-n4c5ccccc5c5cc(-c6ccc7c(c6)c6ccccc6n7-c6cccc7ccccc67)ccc54)cc3)cccc2c1. The van der Waals surface area contributed by atoms with E-state index in [2.05, 4.69) is 203 Å². The van der Waals surface area contributed by atoms with Crippen molar-refractivity contribution in [3.05, 3.63) is 194 Å². The van der Waals surface area contributed by atoms with Crippen LogP contribution < -0.4 is 0 Å². The lowest BCUT2D eigenvalue weighted by molar-refractivity contribution is 1.18. The third-order valence-corrected chi connectivity index (χ3v) is 10.9. The van der Waals surface area contributed by atoms with Crippen molar-refractivity contribution in [2.24, 2.45) is 0 Å². The summed E-state index contributed by atoms with van der Waals surface area (Å²) >= 11 is 0. The second-order valence-corrected chi connectivity index (χ2v) is 13.7. The Bertz CT molecular complexity index is 3170. The number of hydrogen-bond donors (Lipinski definition) is 0. The Hall–Kier alpha value is -6.90. The van der Waals surface area contributed by atoms with Crippen molar-refractivity contribution in [2.45, 2.75) is 0 Å². The van der Waals surface area contributed by atoms with Gasteiger partial charge in [-0.2, -0.15) is 0 Å². The molecule has 0 radical (unpaired) electrons. The zero-order chi connectivity index (χ0) is 34.2. The molecule has 11 aromatic rings. The van der Waals surface area contributed by atoms with E-state index in [0.717, 1.165) is 5.69 Å². The smallest absolute Gasteiger partial charge is 0.0541 e. The lowest BCUT2D eigenvalue weighted by Gasteiger charge is -2.12. The van der Waals surface area contributed by atoms with Crippen LogP contribution in [0.2, 0.25) is 0 Å². The fourth-order valence-corrected chi connectivity index (χ4v) is 8.51. The van der Waals surface area contributed by atoms with Crippen molar-refractivity contribution in [3.8, 4) is 33.6 Å². The Kier molecular flexibility index (Phi) is 6.28. The van der Waals surface area contributed by atoms with E-state index in [1.54, 1.807) is 0 Å². The zero-order valence-electron chi connectivity index (χ0n) is 28.4. The van der Waals surface area contributed by atoms with Crippen LogP contribution in [-0.2, 0) is 0 Å². The fourth-order valence-electron chi connectivity index (χ4n) is 8.51. The molecule has 2 aromatic heterocycles. The van der Waals surface area contributed by atoms with E-state index in [0.29, 0.717) is 0 Å². The van der Waals surface area contributed by atoms with Crippen molar-refractivity contribution in [1.29, 1.82) is 0 Å². The largest absolute Gasteiger partial charge is 0.309 e. The van der Waals surface area contributed by atoms with Gasteiger partial charge >= 0.3 is 0 Å². The summed E-state index contributed by atoms with van der Waals surface area (Å²) in [7, 11) is 0. The van der Waals surface area contributed by atoms with Crippen molar-refractivity contribution in [2.75, 3.05) is 0 Å². The van der Waals surface area contributed by atoms with E-state index in [1.165, 1.54) is 93.1 Å². The van der Waals surface area contributed by atoms with Gasteiger partial charge in [0.05, 0.1) is 27.8 Å². The quantitative estimate of drug-likeness (QED) is 0.178. The van der Waals surface area contributed by atoms with Crippen molar-refractivity contribution in [1.82, 2.24) is 9.13 Å². The van der Waals surface area contributed by atoms with Crippen LogP contribution >= 0.6 is 0 Å². The summed E-state index contributed by atoms with van der Waals surface area (Å²) in [6.07, 6.45) is 0. The minimum absolute atomic E-state index is 1.16. The van der Waals surface area contributed by atoms with E-state index >= 15 is 0 Å². The molecule has 242 valence electrons. The second kappa shape index (κ2) is 11.3. The lowest BCUT2D eigenvalue weighted by atomic mass is 9.98. The van der Waals surface area contributed by atoms with Crippen LogP contribution in [0.25, 0.3) is 98.8 Å². The highest BCUT2D eigenvalue weighted by Gasteiger charge is 2.17. The van der Waals surface area contributed by atoms with Crippen molar-refractivity contribution >= 4 is 65.2 Å². The Balaban J connectivity index is 1.05. The van der Waals surface area contributed by atoms with Gasteiger partial charge in [0.2, 0.25) is 0 Å². The highest BCUT2D eigenvalue weighted by molar-refractivity contribution is 6.13. The molecular weight excluding hydrogens is 629 g/mol. The molecule has 9 aromatic carbocycles. The number of aromatic nitrogens is 2. The minimum atomic E-state index is 1.16. The van der Waals surface area contributed by atoms with Crippen LogP contribution in [0.1, 0.15) is 0 Å². The molecule has 0 bridgehead atoms. The molecule has 2 heterocycles. The minimum Gasteiger partial charge on any atom is -0.309 e. The third-order valence-electron chi connectivity index (χ3n) is 10.9. The monoisotopic (exact) mass is 660 g/mol. The molecule has 0 aliphatic heterocycles. The average Bonchev–Trinajstić information content (AvgIpc) is 3.72. The molecule has 0 aliphatic rings. The predicted octanol–water partition coefficient (Wildman–Crippen LogP) is 13.5. The number of benzene rings is 9. The summed E-state index contributed by atoms with van der Waals surface area (Å²) < 4.78 is 4.83. The van der Waals surface area contributed by atoms with Crippen LogP contribution in [0.3, 0.4) is 0 Å². The summed E-state index contributed by atoms with van der Waals surface area (Å²) in [5, 5.41) is 10.1. The first kappa shape index (κ1) is 28.9. The van der Waals surface area contributed by atoms with Gasteiger partial charge in [0, 0.05) is 32.6 Å². The van der Waals surface area contributed by atoms with Gasteiger partial charge in [-0.05, 0) is 93.0 Å². The lowest BCUT2D eigenvalue weighted by Crippen LogP contribution is -1.95. The number of fused-ring (bicyclic) bond motifs is 8. The maximum absolute atomic E-state index is 2.43. The first-order valence-electron chi connectivity index (χ1n) is 17.9. The molecule has 0 amide bonds. The highest BCUT2D eigenvalue weighted by atomic mass is 15.0. The van der Waals surface area contributed by atoms with Gasteiger partial charge in [0.25, 0.3) is 0 Å². The Morgan fingerprint density at radius 3 is 1.40 bits per heavy atom. The Morgan fingerprint density at radius 2 is 0.731 bits per heavy atom. The first-order valence-corrected chi connectivity index (χ1v) is 17.9. The molecule has 2 nitrogen and oxygen atoms in total. The van der Waals surface area contributed by atoms with Gasteiger partial charge in [0.15, 0.2) is 0 Å². The molecule has 0 atom stereocenters. The summed E-state index contributed by atoms with van der Waals surface area (Å²) in [6, 6.07) is 71.0. The summed E-state index contributed by atoms with van der Waals surface area (Å²) in [6.45, 7) is 0. The highest BCUT2D eigenvalue weighted by Crippen LogP contribution is 2.39. The van der Waals surface area contributed by atoms with Gasteiger partial charge in [-0.25, -0.2) is 0 Å². The van der Waals surface area contributed by atoms with E-state index in [1.807, 2.05) is 0 Å². The van der Waals surface area contributed by atoms with Crippen molar-refractivity contribution in [3.63, 3.8) is 0 Å². The number of hydrogen-bond acceptors (Lipinski definition) is 0. The molecule has 52 heavy (non-hydrogen) atoms. The molecule has 2 heteroatoms. The number of para-hydroxylation sites is 2. The number of rotatable bonds is 4. The van der Waals surface area contributed by atoms with Crippen molar-refractivity contribution < 1.29 is 0 Å². The molecule has 0 unspecified atom stereocenters. The fraction of sp³-hybridized carbons (Fsp3) is 0. The Morgan fingerprint density at radius 1 is 0.269 bits per heavy atom. The predicted molar refractivity (Wildman–Crippen MR) is 221 cm³/mol. The summed E-state index contributed by atoms with van der Waals surface area (Å²) in [5.41, 5.74) is 12.1. The first-order chi connectivity index (χ1) is 25.8. The summed E-state index contributed by atoms with van der Waals surface area (Å²) in [4.78, 5) is 0. The van der Waals surface area contributed by atoms with Gasteiger partial charge in [-0.3, -0.25) is 0 Å². The Labute approximate surface area is 301 Å². The van der Waals surface area contributed by atoms with E-state index < -0.39 is 0 Å². The molecule has 0 N–H and O–H groups in total. The van der Waals surface area contributed by atoms with Gasteiger partial charge in [-0.1, -0.05) is 140 Å². The van der Waals surface area contributed by atoms with Crippen LogP contribution in [-0.4, -0.2) is 9.13 Å². The maximum Gasteiger partial charge on any atom is 0.0541 e. The van der Waals surface area contributed by atoms with E-state index in [9.17, 15) is 0 Å². The van der Waals surface area contributed by atoms with Gasteiger partial charge in [-0.15, -0.1) is 0 Å². The standard InChI is InChI=1S/C50H32N2/c1-3-15-39-33(11-1)13-9-19-40(39)35-23-27-38(28-24-35)51-47-20-7-5-17-42(47)44-31-36(25-29-49(44)51)37-26-30-50-45(32-37)43-18-6-8-21-48(43)52(50)46-22-10-14-34-12-2-4-16-41(34)46/h1-32H. The molecule has 0 fully saturated rings. The van der Waals surface area contributed by atoms with Crippen LogP contribution in [0.5, 0.6) is 0 Å². The van der Waals surface area contributed by atoms with Crippen LogP contribution in [0.4, 0.5) is 0 Å². The van der Waals surface area contributed by atoms with Crippen LogP contribution in [0.15, 0.2) is 194 Å². The average molecular weight is 661 g/mol. The molecular formula is C50H32N2. The topological polar surface area (TPSA) is 9.86 Å². The van der Waals surface area contributed by atoms with Gasteiger partial charge < -0.3 is 9.13 Å². The molecule has 0 spiro atoms.